The number of aryl methyl sites for hydroxylation is 1. The van der Waals surface area contributed by atoms with Gasteiger partial charge in [0.05, 0.1) is 0 Å². The van der Waals surface area contributed by atoms with E-state index >= 15 is 0 Å². The van der Waals surface area contributed by atoms with Gasteiger partial charge in [0.15, 0.2) is 0 Å². The van der Waals surface area contributed by atoms with Crippen molar-refractivity contribution in [1.29, 1.82) is 0 Å². The summed E-state index contributed by atoms with van der Waals surface area (Å²) in [6.45, 7) is 2.10. The Hall–Kier alpha value is -1.94. The predicted octanol–water partition coefficient (Wildman–Crippen LogP) is 3.11. The van der Waals surface area contributed by atoms with Gasteiger partial charge in [-0.1, -0.05) is 23.7 Å². The van der Waals surface area contributed by atoms with Crippen LogP contribution in [0.5, 0.6) is 0 Å². The van der Waals surface area contributed by atoms with Crippen LogP contribution in [0.1, 0.15) is 21.6 Å². The molecule has 0 spiro atoms. The fraction of sp³-hybridized carbons (Fsp3) is 0.143. The summed E-state index contributed by atoms with van der Waals surface area (Å²) in [5.74, 6) is -0.539. The normalized spacial score (nSPS) is 10.3. The summed E-state index contributed by atoms with van der Waals surface area (Å²) in [5, 5.41) is 3.03. The molecule has 0 atom stereocenters. The average molecular weight is 279 g/mol. The molecule has 19 heavy (non-hydrogen) atoms. The molecule has 0 saturated heterocycles. The molecule has 1 aromatic carbocycles. The number of aromatic nitrogens is 1. The van der Waals surface area contributed by atoms with Gasteiger partial charge >= 0.3 is 0 Å². The van der Waals surface area contributed by atoms with Crippen molar-refractivity contribution in [2.45, 2.75) is 13.5 Å². The summed E-state index contributed by atoms with van der Waals surface area (Å²) in [4.78, 5) is 15.9. The molecular weight excluding hydrogens is 267 g/mol. The second kappa shape index (κ2) is 5.80. The van der Waals surface area contributed by atoms with Crippen molar-refractivity contribution in [3.05, 3.63) is 64.2 Å². The van der Waals surface area contributed by atoms with Crippen LogP contribution in [-0.4, -0.2) is 10.9 Å². The molecule has 1 heterocycles. The monoisotopic (exact) mass is 278 g/mol. The Morgan fingerprint density at radius 2 is 2.00 bits per heavy atom. The third-order valence-corrected chi connectivity index (χ3v) is 2.74. The molecule has 0 radical (unpaired) electrons. The highest BCUT2D eigenvalue weighted by Gasteiger charge is 2.07. The Balaban J connectivity index is 2.03. The van der Waals surface area contributed by atoms with Crippen LogP contribution in [0.3, 0.4) is 0 Å². The highest BCUT2D eigenvalue weighted by molar-refractivity contribution is 6.29. The van der Waals surface area contributed by atoms with Crippen LogP contribution >= 0.6 is 11.6 Å². The highest BCUT2D eigenvalue weighted by Crippen LogP contribution is 2.10. The Morgan fingerprint density at radius 3 is 2.63 bits per heavy atom. The van der Waals surface area contributed by atoms with E-state index in [2.05, 4.69) is 10.3 Å². The van der Waals surface area contributed by atoms with Crippen LogP contribution < -0.4 is 5.32 Å². The van der Waals surface area contributed by atoms with Crippen LogP contribution in [0.2, 0.25) is 5.15 Å². The first-order valence-electron chi connectivity index (χ1n) is 5.71. The number of pyridine rings is 1. The fourth-order valence-electron chi connectivity index (χ4n) is 1.65. The standard InChI is InChI=1S/C14H12ClFN2O/c1-9-6-11(7-13(15)18-9)14(19)17-8-10-2-4-12(16)5-3-10/h2-7H,8H2,1H3,(H,17,19). The third kappa shape index (κ3) is 3.76. The summed E-state index contributed by atoms with van der Waals surface area (Å²) in [6.07, 6.45) is 0. The average Bonchev–Trinajstić information content (AvgIpc) is 2.36. The minimum atomic E-state index is -0.299. The van der Waals surface area contributed by atoms with Crippen molar-refractivity contribution in [1.82, 2.24) is 10.3 Å². The van der Waals surface area contributed by atoms with Crippen LogP contribution in [0.4, 0.5) is 4.39 Å². The van der Waals surface area contributed by atoms with E-state index in [1.54, 1.807) is 25.1 Å². The molecule has 5 heteroatoms. The van der Waals surface area contributed by atoms with Gasteiger partial charge in [0.1, 0.15) is 11.0 Å². The number of hydrogen-bond acceptors (Lipinski definition) is 2. The van der Waals surface area contributed by atoms with E-state index in [-0.39, 0.29) is 16.9 Å². The van der Waals surface area contributed by atoms with E-state index in [1.807, 2.05) is 0 Å². The molecule has 2 aromatic rings. The summed E-state index contributed by atoms with van der Waals surface area (Å²) >= 11 is 5.80. The fourth-order valence-corrected chi connectivity index (χ4v) is 1.90. The molecule has 2 rings (SSSR count). The number of rotatable bonds is 3. The number of nitrogens with zero attached hydrogens (tertiary/aromatic N) is 1. The number of benzene rings is 1. The summed E-state index contributed by atoms with van der Waals surface area (Å²) in [6, 6.07) is 9.13. The summed E-state index contributed by atoms with van der Waals surface area (Å²) in [5.41, 5.74) is 1.96. The third-order valence-electron chi connectivity index (χ3n) is 2.55. The van der Waals surface area contributed by atoms with Crippen LogP contribution in [0.25, 0.3) is 0 Å². The van der Waals surface area contributed by atoms with Gasteiger partial charge in [0.2, 0.25) is 0 Å². The second-order valence-electron chi connectivity index (χ2n) is 4.13. The molecule has 98 valence electrons. The molecular formula is C14H12ClFN2O. The van der Waals surface area contributed by atoms with E-state index in [4.69, 9.17) is 11.6 Å². The molecule has 0 bridgehead atoms. The van der Waals surface area contributed by atoms with Gasteiger partial charge in [-0.15, -0.1) is 0 Å². The van der Waals surface area contributed by atoms with Gasteiger partial charge in [-0.05, 0) is 36.8 Å². The Labute approximate surface area is 115 Å². The van der Waals surface area contributed by atoms with Gasteiger partial charge in [-0.2, -0.15) is 0 Å². The summed E-state index contributed by atoms with van der Waals surface area (Å²) in [7, 11) is 0. The predicted molar refractivity (Wildman–Crippen MR) is 71.6 cm³/mol. The van der Waals surface area contributed by atoms with Crippen molar-refractivity contribution in [3.63, 3.8) is 0 Å². The SMILES string of the molecule is Cc1cc(C(=O)NCc2ccc(F)cc2)cc(Cl)n1. The lowest BCUT2D eigenvalue weighted by molar-refractivity contribution is 0.0950. The van der Waals surface area contributed by atoms with Crippen molar-refractivity contribution >= 4 is 17.5 Å². The molecule has 3 nitrogen and oxygen atoms in total. The molecule has 1 aromatic heterocycles. The van der Waals surface area contributed by atoms with E-state index in [1.165, 1.54) is 18.2 Å². The topological polar surface area (TPSA) is 42.0 Å². The van der Waals surface area contributed by atoms with Gasteiger partial charge in [-0.25, -0.2) is 9.37 Å². The van der Waals surface area contributed by atoms with Crippen LogP contribution in [0.15, 0.2) is 36.4 Å². The van der Waals surface area contributed by atoms with Crippen molar-refractivity contribution < 1.29 is 9.18 Å². The zero-order valence-electron chi connectivity index (χ0n) is 10.3. The lowest BCUT2D eigenvalue weighted by Crippen LogP contribution is -2.23. The van der Waals surface area contributed by atoms with E-state index < -0.39 is 0 Å². The van der Waals surface area contributed by atoms with E-state index in [0.717, 1.165) is 5.56 Å². The second-order valence-corrected chi connectivity index (χ2v) is 4.52. The first-order chi connectivity index (χ1) is 9.04. The lowest BCUT2D eigenvalue weighted by atomic mass is 10.2. The minimum Gasteiger partial charge on any atom is -0.348 e. The van der Waals surface area contributed by atoms with Gasteiger partial charge < -0.3 is 5.32 Å². The maximum absolute atomic E-state index is 12.7. The Morgan fingerprint density at radius 1 is 1.32 bits per heavy atom. The first kappa shape index (κ1) is 13.5. The van der Waals surface area contributed by atoms with Crippen LogP contribution in [0, 0.1) is 12.7 Å². The number of carbonyl (C=O) groups is 1. The first-order valence-corrected chi connectivity index (χ1v) is 6.09. The smallest absolute Gasteiger partial charge is 0.251 e. The number of nitrogens with one attached hydrogen (secondary N) is 1. The van der Waals surface area contributed by atoms with E-state index in [9.17, 15) is 9.18 Å². The zero-order valence-corrected chi connectivity index (χ0v) is 11.0. The molecule has 0 saturated carbocycles. The maximum Gasteiger partial charge on any atom is 0.251 e. The highest BCUT2D eigenvalue weighted by atomic mass is 35.5. The largest absolute Gasteiger partial charge is 0.348 e. The summed E-state index contributed by atoms with van der Waals surface area (Å²) < 4.78 is 12.7. The van der Waals surface area contributed by atoms with Crippen molar-refractivity contribution in [2.24, 2.45) is 0 Å². The van der Waals surface area contributed by atoms with Crippen molar-refractivity contribution in [2.75, 3.05) is 0 Å². The molecule has 0 unspecified atom stereocenters. The van der Waals surface area contributed by atoms with Gasteiger partial charge in [0.25, 0.3) is 5.91 Å². The molecule has 0 aliphatic carbocycles. The van der Waals surface area contributed by atoms with Crippen LogP contribution in [-0.2, 0) is 6.54 Å². The number of amides is 1. The molecule has 0 fully saturated rings. The molecule has 1 N–H and O–H groups in total. The van der Waals surface area contributed by atoms with E-state index in [0.29, 0.717) is 17.8 Å². The Kier molecular flexibility index (Phi) is 4.12. The number of hydrogen-bond donors (Lipinski definition) is 1. The lowest BCUT2D eigenvalue weighted by Gasteiger charge is -2.06. The molecule has 0 aliphatic heterocycles. The quantitative estimate of drug-likeness (QED) is 0.877. The minimum absolute atomic E-state index is 0.239. The zero-order chi connectivity index (χ0) is 13.8. The van der Waals surface area contributed by atoms with Gasteiger partial charge in [-0.3, -0.25) is 4.79 Å². The molecule has 0 aliphatic rings. The van der Waals surface area contributed by atoms with Crippen molar-refractivity contribution in [3.8, 4) is 0 Å². The Bertz CT molecular complexity index is 579. The number of carbonyl (C=O) groups excluding carboxylic acids is 1. The molecule has 1 amide bonds. The maximum atomic E-state index is 12.7. The number of halogens is 2. The van der Waals surface area contributed by atoms with Gasteiger partial charge in [0, 0.05) is 17.8 Å².